The van der Waals surface area contributed by atoms with E-state index >= 15 is 0 Å². The van der Waals surface area contributed by atoms with Crippen molar-refractivity contribution >= 4 is 31.2 Å². The van der Waals surface area contributed by atoms with Crippen molar-refractivity contribution < 1.29 is 21.5 Å². The van der Waals surface area contributed by atoms with Crippen LogP contribution < -0.4 is 4.74 Å². The topological polar surface area (TPSA) is 61.8 Å². The van der Waals surface area contributed by atoms with Crippen molar-refractivity contribution in [1.82, 2.24) is 0 Å². The molecule has 0 spiro atoms. The fourth-order valence-corrected chi connectivity index (χ4v) is 8.87. The van der Waals surface area contributed by atoms with Gasteiger partial charge in [-0.25, -0.2) is 3.63 Å². The molecule has 7 heteroatoms. The molecule has 0 unspecified atom stereocenters. The average molecular weight is 385 g/mol. The highest BCUT2D eigenvalue weighted by molar-refractivity contribution is 8.33. The van der Waals surface area contributed by atoms with Crippen molar-refractivity contribution in [3.8, 4) is 5.75 Å². The lowest BCUT2D eigenvalue weighted by Crippen LogP contribution is -2.13. The Morgan fingerprint density at radius 3 is 2.32 bits per heavy atom. The SMILES string of the molecule is COCCOc1ccc(S2(OS(C)(=O)=O)CCCC2)c2ccccc12. The van der Waals surface area contributed by atoms with E-state index in [0.29, 0.717) is 13.2 Å². The van der Waals surface area contributed by atoms with Gasteiger partial charge >= 0.3 is 0 Å². The van der Waals surface area contributed by atoms with Crippen LogP contribution in [0, 0.1) is 0 Å². The van der Waals surface area contributed by atoms with E-state index in [0.717, 1.165) is 52.0 Å². The van der Waals surface area contributed by atoms with Crippen LogP contribution in [0.3, 0.4) is 0 Å². The molecule has 3 rings (SSSR count). The van der Waals surface area contributed by atoms with Gasteiger partial charge in [-0.1, -0.05) is 34.6 Å². The number of benzene rings is 2. The zero-order chi connectivity index (χ0) is 17.9. The lowest BCUT2D eigenvalue weighted by molar-refractivity contribution is 0.147. The van der Waals surface area contributed by atoms with Crippen LogP contribution in [0.5, 0.6) is 5.75 Å². The van der Waals surface area contributed by atoms with Gasteiger partial charge in [-0.05, 0) is 30.4 Å². The summed E-state index contributed by atoms with van der Waals surface area (Å²) in [6, 6.07) is 11.9. The molecule has 5 nitrogen and oxygen atoms in total. The smallest absolute Gasteiger partial charge is 0.273 e. The summed E-state index contributed by atoms with van der Waals surface area (Å²) in [7, 11) is -3.72. The van der Waals surface area contributed by atoms with E-state index < -0.39 is 20.4 Å². The number of ether oxygens (including phenoxy) is 2. The summed E-state index contributed by atoms with van der Waals surface area (Å²) in [6.45, 7) is 0.986. The van der Waals surface area contributed by atoms with Crippen molar-refractivity contribution in [3.05, 3.63) is 36.4 Å². The zero-order valence-corrected chi connectivity index (χ0v) is 16.2. The third-order valence-corrected chi connectivity index (χ3v) is 9.33. The van der Waals surface area contributed by atoms with Gasteiger partial charge in [0.25, 0.3) is 10.1 Å². The molecule has 0 aromatic heterocycles. The molecule has 1 saturated heterocycles. The second kappa shape index (κ2) is 7.53. The first kappa shape index (κ1) is 18.5. The molecule has 0 atom stereocenters. The molecule has 1 heterocycles. The molecule has 25 heavy (non-hydrogen) atoms. The Labute approximate surface area is 150 Å². The number of hydrogen-bond acceptors (Lipinski definition) is 5. The largest absolute Gasteiger partial charge is 0.491 e. The van der Waals surface area contributed by atoms with Gasteiger partial charge in [0.05, 0.1) is 12.9 Å². The minimum Gasteiger partial charge on any atom is -0.491 e. The van der Waals surface area contributed by atoms with Gasteiger partial charge in [-0.2, -0.15) is 8.42 Å². The quantitative estimate of drug-likeness (QED) is 0.681. The molecule has 0 aliphatic carbocycles. The Morgan fingerprint density at radius 2 is 1.68 bits per heavy atom. The van der Waals surface area contributed by atoms with E-state index in [2.05, 4.69) is 0 Å². The average Bonchev–Trinajstić information content (AvgIpc) is 3.02. The molecule has 2 aromatic rings. The molecule has 0 bridgehead atoms. The van der Waals surface area contributed by atoms with Gasteiger partial charge in [0.15, 0.2) is 0 Å². The van der Waals surface area contributed by atoms with E-state index in [-0.39, 0.29) is 0 Å². The Morgan fingerprint density at radius 1 is 1.00 bits per heavy atom. The molecule has 1 fully saturated rings. The van der Waals surface area contributed by atoms with Gasteiger partial charge in [0, 0.05) is 28.9 Å². The number of rotatable bonds is 7. The third-order valence-electron chi connectivity index (χ3n) is 4.24. The van der Waals surface area contributed by atoms with Crippen LogP contribution in [0.15, 0.2) is 41.3 Å². The zero-order valence-electron chi connectivity index (χ0n) is 14.6. The third kappa shape index (κ3) is 4.11. The van der Waals surface area contributed by atoms with E-state index in [1.54, 1.807) is 7.11 Å². The molecule has 2 aromatic carbocycles. The van der Waals surface area contributed by atoms with Gasteiger partial charge in [0.1, 0.15) is 12.4 Å². The van der Waals surface area contributed by atoms with Gasteiger partial charge in [0.2, 0.25) is 0 Å². The van der Waals surface area contributed by atoms with E-state index in [9.17, 15) is 8.42 Å². The normalized spacial score (nSPS) is 18.3. The summed E-state index contributed by atoms with van der Waals surface area (Å²) in [5.41, 5.74) is 0. The van der Waals surface area contributed by atoms with Crippen LogP contribution >= 0.6 is 10.3 Å². The Bertz CT molecular complexity index is 842. The number of fused-ring (bicyclic) bond motifs is 1. The number of hydrogen-bond donors (Lipinski definition) is 0. The van der Waals surface area contributed by atoms with Crippen LogP contribution in [0.25, 0.3) is 10.8 Å². The fourth-order valence-electron chi connectivity index (χ4n) is 3.26. The molecule has 0 N–H and O–H groups in total. The van der Waals surface area contributed by atoms with Gasteiger partial charge < -0.3 is 9.47 Å². The van der Waals surface area contributed by atoms with Crippen molar-refractivity contribution in [2.24, 2.45) is 0 Å². The minimum absolute atomic E-state index is 0.470. The summed E-state index contributed by atoms with van der Waals surface area (Å²) >= 11 is 0. The highest BCUT2D eigenvalue weighted by Crippen LogP contribution is 2.64. The van der Waals surface area contributed by atoms with Crippen molar-refractivity contribution in [2.45, 2.75) is 17.7 Å². The molecular weight excluding hydrogens is 360 g/mol. The van der Waals surface area contributed by atoms with Crippen molar-refractivity contribution in [2.75, 3.05) is 38.1 Å². The second-order valence-electron chi connectivity index (χ2n) is 6.15. The summed E-state index contributed by atoms with van der Waals surface area (Å²) in [4.78, 5) is 1.00. The lowest BCUT2D eigenvalue weighted by Gasteiger charge is -2.35. The van der Waals surface area contributed by atoms with Gasteiger partial charge in [-0.3, -0.25) is 0 Å². The maximum absolute atomic E-state index is 11.9. The Hall–Kier alpha value is -1.28. The first-order valence-corrected chi connectivity index (χ1v) is 12.0. The van der Waals surface area contributed by atoms with E-state index in [4.69, 9.17) is 13.1 Å². The lowest BCUT2D eigenvalue weighted by atomic mass is 10.1. The molecule has 0 saturated carbocycles. The first-order valence-electron chi connectivity index (χ1n) is 8.28. The van der Waals surface area contributed by atoms with Crippen LogP contribution in [-0.4, -0.2) is 46.5 Å². The second-order valence-corrected chi connectivity index (χ2v) is 11.0. The standard InChI is InChI=1S/C18H24O5S2/c1-21-11-12-22-17-9-10-18(16-8-4-3-7-15(16)17)25(13-5-6-14-25)23-24(2,19)20/h3-4,7-10H,5-6,11-14H2,1-2H3. The fraction of sp³-hybridized carbons (Fsp3) is 0.444. The predicted molar refractivity (Wildman–Crippen MR) is 102 cm³/mol. The first-order chi connectivity index (χ1) is 12.0. The summed E-state index contributed by atoms with van der Waals surface area (Å²) < 4.78 is 40.4. The highest BCUT2D eigenvalue weighted by Gasteiger charge is 2.36. The monoisotopic (exact) mass is 384 g/mol. The van der Waals surface area contributed by atoms with Crippen LogP contribution in [0.2, 0.25) is 0 Å². The van der Waals surface area contributed by atoms with Crippen molar-refractivity contribution in [3.63, 3.8) is 0 Å². The minimum atomic E-state index is -3.52. The molecule has 138 valence electrons. The maximum Gasteiger partial charge on any atom is 0.273 e. The summed E-state index contributed by atoms with van der Waals surface area (Å²) in [5.74, 6) is 2.35. The molecule has 0 radical (unpaired) electrons. The van der Waals surface area contributed by atoms with Gasteiger partial charge in [-0.15, -0.1) is 0 Å². The molecule has 1 aliphatic rings. The van der Waals surface area contributed by atoms with Crippen LogP contribution in [-0.2, 0) is 18.5 Å². The van der Waals surface area contributed by atoms with Crippen LogP contribution in [0.4, 0.5) is 0 Å². The molecule has 1 aliphatic heterocycles. The predicted octanol–water partition coefficient (Wildman–Crippen LogP) is 3.71. The highest BCUT2D eigenvalue weighted by atomic mass is 32.3. The Balaban J connectivity index is 2.08. The molecular formula is C18H24O5S2. The summed E-state index contributed by atoms with van der Waals surface area (Å²) in [5, 5.41) is 1.99. The Kier molecular flexibility index (Phi) is 5.58. The number of methoxy groups -OCH3 is 1. The van der Waals surface area contributed by atoms with E-state index in [1.165, 1.54) is 0 Å². The van der Waals surface area contributed by atoms with E-state index in [1.807, 2.05) is 36.4 Å². The van der Waals surface area contributed by atoms with Crippen molar-refractivity contribution in [1.29, 1.82) is 0 Å². The molecule has 0 amide bonds. The summed E-state index contributed by atoms with van der Waals surface area (Å²) in [6.07, 6.45) is 3.13. The maximum atomic E-state index is 11.9. The van der Waals surface area contributed by atoms with Crippen LogP contribution in [0.1, 0.15) is 12.8 Å².